The van der Waals surface area contributed by atoms with Gasteiger partial charge in [0.05, 0.1) is 32.5 Å². The van der Waals surface area contributed by atoms with Crippen molar-refractivity contribution in [1.29, 1.82) is 0 Å². The van der Waals surface area contributed by atoms with E-state index in [-0.39, 0.29) is 12.6 Å². The van der Waals surface area contributed by atoms with E-state index in [9.17, 15) is 9.59 Å². The number of carbonyl (C=O) groups excluding carboxylic acids is 1. The maximum absolute atomic E-state index is 11.3. The summed E-state index contributed by atoms with van der Waals surface area (Å²) in [5, 5.41) is 21.8. The predicted octanol–water partition coefficient (Wildman–Crippen LogP) is -1.85. The first-order chi connectivity index (χ1) is 8.13. The molecule has 1 aliphatic rings. The Labute approximate surface area is 97.9 Å². The van der Waals surface area contributed by atoms with Crippen LogP contribution in [0.15, 0.2) is 0 Å². The zero-order valence-corrected chi connectivity index (χ0v) is 9.22. The first kappa shape index (κ1) is 13.7. The van der Waals surface area contributed by atoms with Gasteiger partial charge < -0.3 is 30.3 Å². The van der Waals surface area contributed by atoms with Gasteiger partial charge in [-0.1, -0.05) is 0 Å². The van der Waals surface area contributed by atoms with Crippen molar-refractivity contribution in [3.05, 3.63) is 0 Å². The van der Waals surface area contributed by atoms with Gasteiger partial charge in [-0.15, -0.1) is 0 Å². The van der Waals surface area contributed by atoms with E-state index in [2.05, 4.69) is 10.6 Å². The van der Waals surface area contributed by atoms with Gasteiger partial charge in [-0.25, -0.2) is 9.59 Å². The molecule has 8 heteroatoms. The molecule has 2 amide bonds. The quantitative estimate of drug-likeness (QED) is 0.453. The third-order valence-electron chi connectivity index (χ3n) is 2.16. The van der Waals surface area contributed by atoms with E-state index < -0.39 is 24.6 Å². The molecule has 0 aromatic rings. The number of carboxylic acids is 1. The Kier molecular flexibility index (Phi) is 5.67. The first-order valence-electron chi connectivity index (χ1n) is 5.21. The van der Waals surface area contributed by atoms with Crippen LogP contribution in [0, 0.1) is 0 Å². The highest BCUT2D eigenvalue weighted by Gasteiger charge is 2.20. The molecule has 1 saturated heterocycles. The van der Waals surface area contributed by atoms with Crippen molar-refractivity contribution < 1.29 is 29.3 Å². The molecule has 0 bridgehead atoms. The van der Waals surface area contributed by atoms with Crippen LogP contribution >= 0.6 is 0 Å². The van der Waals surface area contributed by atoms with Crippen molar-refractivity contribution in [2.45, 2.75) is 12.1 Å². The molecule has 98 valence electrons. The second-order valence-corrected chi connectivity index (χ2v) is 3.50. The normalized spacial score (nSPS) is 21.6. The highest BCUT2D eigenvalue weighted by atomic mass is 16.6. The number of hydrogen-bond donors (Lipinski definition) is 4. The van der Waals surface area contributed by atoms with Crippen LogP contribution in [-0.4, -0.2) is 67.3 Å². The number of aliphatic hydroxyl groups excluding tert-OH is 1. The number of aliphatic carboxylic acids is 1. The average Bonchev–Trinajstić information content (AvgIpc) is 2.34. The number of carbonyl (C=O) groups is 2. The standard InChI is InChI=1S/C9H16N2O6/c12-4-7(8(13)14)11-9(15)10-3-6-5-16-1-2-17-6/h6-7,12H,1-5H2,(H,13,14)(H2,10,11,15)/t6?,7-/m1/s1. The minimum Gasteiger partial charge on any atom is -0.480 e. The van der Waals surface area contributed by atoms with E-state index >= 15 is 0 Å². The average molecular weight is 248 g/mol. The summed E-state index contributed by atoms with van der Waals surface area (Å²) in [6, 6.07) is -1.97. The van der Waals surface area contributed by atoms with Gasteiger partial charge >= 0.3 is 12.0 Å². The SMILES string of the molecule is O=C(NCC1COCCO1)N[C@H](CO)C(=O)O. The number of amides is 2. The van der Waals surface area contributed by atoms with Crippen LogP contribution in [0.5, 0.6) is 0 Å². The van der Waals surface area contributed by atoms with Gasteiger partial charge in [0.1, 0.15) is 0 Å². The molecule has 0 aliphatic carbocycles. The molecule has 17 heavy (non-hydrogen) atoms. The lowest BCUT2D eigenvalue weighted by molar-refractivity contribution is -0.140. The van der Waals surface area contributed by atoms with Crippen LogP contribution in [0.25, 0.3) is 0 Å². The summed E-state index contributed by atoms with van der Waals surface area (Å²) in [6.45, 7) is 0.967. The number of aliphatic hydroxyl groups is 1. The molecular weight excluding hydrogens is 232 g/mol. The second kappa shape index (κ2) is 7.05. The Bertz CT molecular complexity index is 266. The minimum absolute atomic E-state index is 0.226. The Hall–Kier alpha value is -1.38. The molecule has 0 spiro atoms. The summed E-state index contributed by atoms with van der Waals surface area (Å²) in [4.78, 5) is 21.8. The Balaban J connectivity index is 2.21. The topological polar surface area (TPSA) is 117 Å². The highest BCUT2D eigenvalue weighted by Crippen LogP contribution is 1.98. The lowest BCUT2D eigenvalue weighted by atomic mass is 10.3. The van der Waals surface area contributed by atoms with E-state index in [0.717, 1.165) is 0 Å². The number of urea groups is 1. The van der Waals surface area contributed by atoms with Gasteiger partial charge in [-0.3, -0.25) is 0 Å². The molecular formula is C9H16N2O6. The second-order valence-electron chi connectivity index (χ2n) is 3.50. The summed E-state index contributed by atoms with van der Waals surface area (Å²) in [7, 11) is 0. The van der Waals surface area contributed by atoms with Gasteiger partial charge in [0, 0.05) is 6.54 Å². The van der Waals surface area contributed by atoms with Crippen LogP contribution in [0.2, 0.25) is 0 Å². The molecule has 4 N–H and O–H groups in total. The van der Waals surface area contributed by atoms with Crippen molar-refractivity contribution in [3.63, 3.8) is 0 Å². The van der Waals surface area contributed by atoms with Gasteiger partial charge in [-0.05, 0) is 0 Å². The van der Waals surface area contributed by atoms with Crippen LogP contribution < -0.4 is 10.6 Å². The lowest BCUT2D eigenvalue weighted by Gasteiger charge is -2.23. The number of rotatable bonds is 5. The Morgan fingerprint density at radius 1 is 1.41 bits per heavy atom. The molecule has 0 aromatic carbocycles. The number of nitrogens with one attached hydrogen (secondary N) is 2. The van der Waals surface area contributed by atoms with Crippen molar-refractivity contribution in [2.75, 3.05) is 33.0 Å². The van der Waals surface area contributed by atoms with Gasteiger partial charge in [0.15, 0.2) is 6.04 Å². The fourth-order valence-corrected chi connectivity index (χ4v) is 1.26. The molecule has 1 heterocycles. The molecule has 8 nitrogen and oxygen atoms in total. The van der Waals surface area contributed by atoms with Crippen LogP contribution in [-0.2, 0) is 14.3 Å². The molecule has 1 unspecified atom stereocenters. The maximum Gasteiger partial charge on any atom is 0.328 e. The zero-order valence-electron chi connectivity index (χ0n) is 9.22. The third kappa shape index (κ3) is 4.98. The first-order valence-corrected chi connectivity index (χ1v) is 5.21. The monoisotopic (exact) mass is 248 g/mol. The molecule has 0 saturated carbocycles. The van der Waals surface area contributed by atoms with Gasteiger partial charge in [0.25, 0.3) is 0 Å². The molecule has 1 fully saturated rings. The Morgan fingerprint density at radius 3 is 2.71 bits per heavy atom. The molecule has 1 aliphatic heterocycles. The molecule has 0 aromatic heterocycles. The van der Waals surface area contributed by atoms with Crippen LogP contribution in [0.1, 0.15) is 0 Å². The predicted molar refractivity (Wildman–Crippen MR) is 55.6 cm³/mol. The number of carboxylic acid groups (broad SMARTS) is 1. The summed E-state index contributed by atoms with van der Waals surface area (Å²) < 4.78 is 10.4. The van der Waals surface area contributed by atoms with Crippen molar-refractivity contribution >= 4 is 12.0 Å². The van der Waals surface area contributed by atoms with Crippen LogP contribution in [0.4, 0.5) is 4.79 Å². The summed E-state index contributed by atoms with van der Waals surface area (Å²) in [5.41, 5.74) is 0. The van der Waals surface area contributed by atoms with Gasteiger partial charge in [0.2, 0.25) is 0 Å². The minimum atomic E-state index is -1.31. The summed E-state index contributed by atoms with van der Waals surface area (Å²) in [5.74, 6) is -1.29. The van der Waals surface area contributed by atoms with E-state index in [4.69, 9.17) is 19.7 Å². The van der Waals surface area contributed by atoms with Crippen molar-refractivity contribution in [1.82, 2.24) is 10.6 Å². The van der Waals surface area contributed by atoms with Crippen molar-refractivity contribution in [2.24, 2.45) is 0 Å². The smallest absolute Gasteiger partial charge is 0.328 e. The number of hydrogen-bond acceptors (Lipinski definition) is 5. The maximum atomic E-state index is 11.3. The van der Waals surface area contributed by atoms with E-state index in [0.29, 0.717) is 19.8 Å². The van der Waals surface area contributed by atoms with E-state index in [1.54, 1.807) is 0 Å². The zero-order chi connectivity index (χ0) is 12.7. The largest absolute Gasteiger partial charge is 0.480 e. The summed E-state index contributed by atoms with van der Waals surface area (Å²) >= 11 is 0. The molecule has 2 atom stereocenters. The van der Waals surface area contributed by atoms with E-state index in [1.165, 1.54) is 0 Å². The summed E-state index contributed by atoms with van der Waals surface area (Å²) in [6.07, 6.45) is -0.230. The molecule has 0 radical (unpaired) electrons. The van der Waals surface area contributed by atoms with Crippen molar-refractivity contribution in [3.8, 4) is 0 Å². The Morgan fingerprint density at radius 2 is 2.18 bits per heavy atom. The fourth-order valence-electron chi connectivity index (χ4n) is 1.26. The number of ether oxygens (including phenoxy) is 2. The van der Waals surface area contributed by atoms with Crippen LogP contribution in [0.3, 0.4) is 0 Å². The van der Waals surface area contributed by atoms with E-state index in [1.807, 2.05) is 0 Å². The molecule has 1 rings (SSSR count). The highest BCUT2D eigenvalue weighted by molar-refractivity contribution is 5.82. The lowest BCUT2D eigenvalue weighted by Crippen LogP contribution is -2.50. The third-order valence-corrected chi connectivity index (χ3v) is 2.16. The van der Waals surface area contributed by atoms with Gasteiger partial charge in [-0.2, -0.15) is 0 Å². The fraction of sp³-hybridized carbons (Fsp3) is 0.778.